The Hall–Kier alpha value is -4.07. The van der Waals surface area contributed by atoms with Crippen LogP contribution in [0.4, 0.5) is 4.79 Å². The lowest BCUT2D eigenvalue weighted by atomic mass is 9.84. The van der Waals surface area contributed by atoms with Gasteiger partial charge in [-0.25, -0.2) is 4.79 Å². The Kier molecular flexibility index (Phi) is 20.9. The monoisotopic (exact) mass is 770 g/mol. The smallest absolute Gasteiger partial charge is 0.405 e. The number of fused-ring (bicyclic) bond motifs is 2. The summed E-state index contributed by atoms with van der Waals surface area (Å²) in [5, 5.41) is 20.8. The van der Waals surface area contributed by atoms with Crippen LogP contribution in [0.5, 0.6) is 0 Å². The summed E-state index contributed by atoms with van der Waals surface area (Å²) >= 11 is 0. The van der Waals surface area contributed by atoms with Crippen LogP contribution in [0.25, 0.3) is 0 Å². The van der Waals surface area contributed by atoms with Gasteiger partial charge >= 0.3 is 6.09 Å². The number of ether oxygens (including phenoxy) is 4. The van der Waals surface area contributed by atoms with Crippen LogP contribution in [0.2, 0.25) is 0 Å². The summed E-state index contributed by atoms with van der Waals surface area (Å²) in [4.78, 5) is 54.2. The molecular formula is C42H66N4O9. The molecule has 4 N–H and O–H groups in total. The molecular weight excluding hydrogens is 704 g/mol. The van der Waals surface area contributed by atoms with Crippen molar-refractivity contribution in [1.82, 2.24) is 10.3 Å². The highest BCUT2D eigenvalue weighted by atomic mass is 16.6. The number of ketones is 2. The SMILES string of the molecule is CCCCCCN(CCCCCC)/N=C\C1=C2NC(=O)C(C)=CC=CC(OC)C(OC(N)=O)C(C)=CC(C)C(O)C(OC)CC(C)CC(=C(OC)C1=O)C2=O. The van der Waals surface area contributed by atoms with Gasteiger partial charge in [0.2, 0.25) is 11.6 Å². The van der Waals surface area contributed by atoms with Gasteiger partial charge in [0, 0.05) is 44.4 Å². The molecule has 0 aromatic rings. The summed E-state index contributed by atoms with van der Waals surface area (Å²) in [6, 6.07) is 0. The number of hydrogen-bond donors (Lipinski definition) is 3. The molecule has 2 rings (SSSR count). The lowest BCUT2D eigenvalue weighted by Gasteiger charge is -2.30. The summed E-state index contributed by atoms with van der Waals surface area (Å²) in [5.74, 6) is -2.58. The average molecular weight is 771 g/mol. The molecule has 0 fully saturated rings. The van der Waals surface area contributed by atoms with Crippen molar-refractivity contribution in [3.63, 3.8) is 0 Å². The van der Waals surface area contributed by atoms with Crippen LogP contribution >= 0.6 is 0 Å². The first kappa shape index (κ1) is 47.1. The van der Waals surface area contributed by atoms with E-state index in [0.717, 1.165) is 51.4 Å². The van der Waals surface area contributed by atoms with Crippen molar-refractivity contribution >= 4 is 29.8 Å². The second kappa shape index (κ2) is 24.4. The van der Waals surface area contributed by atoms with Gasteiger partial charge in [0.25, 0.3) is 5.91 Å². The first-order valence-electron chi connectivity index (χ1n) is 19.7. The third-order valence-electron chi connectivity index (χ3n) is 10.0. The zero-order chi connectivity index (χ0) is 41.1. The maximum Gasteiger partial charge on any atom is 0.405 e. The van der Waals surface area contributed by atoms with Crippen molar-refractivity contribution in [2.45, 2.75) is 130 Å². The molecule has 2 bridgehead atoms. The molecule has 6 atom stereocenters. The van der Waals surface area contributed by atoms with Gasteiger partial charge in [-0.3, -0.25) is 19.4 Å². The fourth-order valence-corrected chi connectivity index (χ4v) is 6.80. The number of methoxy groups -OCH3 is 3. The molecule has 308 valence electrons. The van der Waals surface area contributed by atoms with Crippen molar-refractivity contribution in [1.29, 1.82) is 0 Å². The van der Waals surface area contributed by atoms with E-state index < -0.39 is 53.9 Å². The lowest BCUT2D eigenvalue weighted by molar-refractivity contribution is -0.121. The number of rotatable bonds is 16. The van der Waals surface area contributed by atoms with Gasteiger partial charge in [-0.1, -0.05) is 90.5 Å². The van der Waals surface area contributed by atoms with Crippen molar-refractivity contribution in [2.75, 3.05) is 34.4 Å². The van der Waals surface area contributed by atoms with E-state index in [-0.39, 0.29) is 40.5 Å². The number of unbranched alkanes of at least 4 members (excludes halogenated alkanes) is 6. The van der Waals surface area contributed by atoms with Crippen molar-refractivity contribution < 1.29 is 43.2 Å². The fourth-order valence-electron chi connectivity index (χ4n) is 6.80. The first-order valence-corrected chi connectivity index (χ1v) is 19.7. The molecule has 1 heterocycles. The van der Waals surface area contributed by atoms with Crippen LogP contribution in [-0.2, 0) is 33.3 Å². The van der Waals surface area contributed by atoms with E-state index in [0.29, 0.717) is 25.1 Å². The van der Waals surface area contributed by atoms with E-state index in [1.165, 1.54) is 33.6 Å². The van der Waals surface area contributed by atoms with Crippen LogP contribution < -0.4 is 11.1 Å². The number of primary amides is 1. The van der Waals surface area contributed by atoms with Crippen LogP contribution in [0.15, 0.2) is 63.2 Å². The number of nitrogens with zero attached hydrogens (tertiary/aromatic N) is 2. The normalized spacial score (nSPS) is 24.9. The maximum absolute atomic E-state index is 14.4. The molecule has 2 aliphatic rings. The maximum atomic E-state index is 14.4. The second-order valence-corrected chi connectivity index (χ2v) is 14.6. The van der Waals surface area contributed by atoms with Crippen LogP contribution in [-0.4, -0.2) is 98.7 Å². The molecule has 13 heteroatoms. The van der Waals surface area contributed by atoms with Gasteiger partial charge in [-0.05, 0) is 51.0 Å². The predicted molar refractivity (Wildman–Crippen MR) is 214 cm³/mol. The van der Waals surface area contributed by atoms with Gasteiger partial charge < -0.3 is 35.1 Å². The first-order chi connectivity index (χ1) is 26.2. The Labute approximate surface area is 328 Å². The predicted octanol–water partition coefficient (Wildman–Crippen LogP) is 6.23. The number of nitrogens with two attached hydrogens (primary N) is 1. The average Bonchev–Trinajstić information content (AvgIpc) is 3.15. The largest absolute Gasteiger partial charge is 0.492 e. The highest BCUT2D eigenvalue weighted by molar-refractivity contribution is 6.32. The number of carbonyl (C=O) groups is 4. The molecule has 0 saturated heterocycles. The molecule has 2 amide bonds. The molecule has 0 spiro atoms. The summed E-state index contributed by atoms with van der Waals surface area (Å²) in [5.41, 5.74) is 6.08. The number of hydrogen-bond acceptors (Lipinski definition) is 11. The molecule has 0 aromatic heterocycles. The third-order valence-corrected chi connectivity index (χ3v) is 10.0. The minimum absolute atomic E-state index is 0.0700. The van der Waals surface area contributed by atoms with Crippen molar-refractivity contribution in [3.05, 3.63) is 58.1 Å². The topological polar surface area (TPSA) is 179 Å². The van der Waals surface area contributed by atoms with Gasteiger partial charge in [0.15, 0.2) is 11.9 Å². The fraction of sp³-hybridized carbons (Fsp3) is 0.643. The number of Topliss-reactive ketones (excluding diaryl/α,β-unsaturated/α-hetero) is 2. The zero-order valence-electron chi connectivity index (χ0n) is 34.5. The number of carbonyl (C=O) groups excluding carboxylic acids is 4. The standard InChI is InChI=1S/C42H66N4O9/c1-10-12-14-16-21-46(22-17-15-13-11-2)44-26-32-35-37(48)31(40(54-9)38(32)49)23-27(3)24-34(53-8)36(47)29(5)25-30(6)39(55-42(43)51)33(52-7)20-18-19-28(4)41(50)45-35/h18-20,25-27,29,33-34,36,39,47H,10-17,21-24H2,1-9H3,(H2,43,51)(H,45,50)/b20-18?,28-19?,30-25?,44-26-. The molecule has 0 radical (unpaired) electrons. The minimum Gasteiger partial charge on any atom is -0.492 e. The Morgan fingerprint density at radius 2 is 1.62 bits per heavy atom. The molecule has 1 aliphatic heterocycles. The van der Waals surface area contributed by atoms with E-state index in [2.05, 4.69) is 19.2 Å². The van der Waals surface area contributed by atoms with Crippen LogP contribution in [0.3, 0.4) is 0 Å². The lowest BCUT2D eigenvalue weighted by Crippen LogP contribution is -2.38. The van der Waals surface area contributed by atoms with E-state index in [4.69, 9.17) is 29.8 Å². The van der Waals surface area contributed by atoms with Gasteiger partial charge in [-0.2, -0.15) is 5.10 Å². The second-order valence-electron chi connectivity index (χ2n) is 14.6. The summed E-state index contributed by atoms with van der Waals surface area (Å²) in [6.07, 6.45) is 12.2. The Morgan fingerprint density at radius 1 is 0.982 bits per heavy atom. The van der Waals surface area contributed by atoms with Gasteiger partial charge in [-0.15, -0.1) is 0 Å². The van der Waals surface area contributed by atoms with Crippen molar-refractivity contribution in [3.8, 4) is 0 Å². The molecule has 13 nitrogen and oxygen atoms in total. The number of amides is 2. The number of aliphatic hydroxyl groups is 1. The molecule has 0 saturated carbocycles. The Balaban J connectivity index is 2.73. The number of nitrogens with one attached hydrogen (secondary N) is 1. The van der Waals surface area contributed by atoms with Crippen LogP contribution in [0.1, 0.15) is 106 Å². The quantitative estimate of drug-likeness (QED) is 0.0536. The molecule has 6 unspecified atom stereocenters. The van der Waals surface area contributed by atoms with E-state index in [1.54, 1.807) is 32.1 Å². The third kappa shape index (κ3) is 14.5. The Morgan fingerprint density at radius 3 is 2.16 bits per heavy atom. The highest BCUT2D eigenvalue weighted by Crippen LogP contribution is 2.31. The number of hydrazone groups is 1. The van der Waals surface area contributed by atoms with Crippen molar-refractivity contribution in [2.24, 2.45) is 22.7 Å². The Bertz CT molecular complexity index is 1480. The highest BCUT2D eigenvalue weighted by Gasteiger charge is 2.38. The molecule has 0 aromatic carbocycles. The molecule has 55 heavy (non-hydrogen) atoms. The summed E-state index contributed by atoms with van der Waals surface area (Å²) in [6.45, 7) is 12.7. The number of allylic oxidation sites excluding steroid dienone is 4. The molecule has 1 aliphatic carbocycles. The number of aliphatic hydroxyl groups excluding tert-OH is 1. The van der Waals surface area contributed by atoms with E-state index >= 15 is 0 Å². The summed E-state index contributed by atoms with van der Waals surface area (Å²) < 4.78 is 22.4. The van der Waals surface area contributed by atoms with E-state index in [1.807, 2.05) is 18.9 Å². The van der Waals surface area contributed by atoms with E-state index in [9.17, 15) is 24.3 Å². The van der Waals surface area contributed by atoms with Crippen LogP contribution in [0, 0.1) is 11.8 Å². The summed E-state index contributed by atoms with van der Waals surface area (Å²) in [7, 11) is 4.28. The van der Waals surface area contributed by atoms with Gasteiger partial charge in [0.1, 0.15) is 11.8 Å². The minimum atomic E-state index is -1.01. The van der Waals surface area contributed by atoms with Gasteiger partial charge in [0.05, 0.1) is 31.1 Å². The zero-order valence-corrected chi connectivity index (χ0v) is 34.5.